The number of aliphatic hydroxyl groups excluding tert-OH is 1. The van der Waals surface area contributed by atoms with Crippen molar-refractivity contribution in [2.45, 2.75) is 45.3 Å². The maximum Gasteiger partial charge on any atom is 0.277 e. The van der Waals surface area contributed by atoms with Gasteiger partial charge in [0.25, 0.3) is 12.3 Å². The molecule has 34 heavy (non-hydrogen) atoms. The van der Waals surface area contributed by atoms with Crippen molar-refractivity contribution in [2.75, 3.05) is 29.0 Å². The lowest BCUT2D eigenvalue weighted by atomic mass is 10.1. The van der Waals surface area contributed by atoms with Gasteiger partial charge in [0.05, 0.1) is 12.3 Å². The zero-order valence-electron chi connectivity index (χ0n) is 18.5. The van der Waals surface area contributed by atoms with Crippen LogP contribution in [0.4, 0.5) is 29.7 Å². The van der Waals surface area contributed by atoms with Gasteiger partial charge in [0.2, 0.25) is 0 Å². The number of amides is 1. The highest BCUT2D eigenvalue weighted by atomic mass is 32.1. The SMILES string of the molecule is Cc1ccc(F)c(-c2nc(C(=O)Nc3cnn(CC(F)F)c3N3CCC[C@@H](O)CC3)c(N)s2)c1. The Morgan fingerprint density at radius 3 is 2.91 bits per heavy atom. The van der Waals surface area contributed by atoms with Gasteiger partial charge >= 0.3 is 0 Å². The fraction of sp³-hybridized carbons (Fsp3) is 0.409. The third kappa shape index (κ3) is 5.17. The Balaban J connectivity index is 1.63. The number of nitrogens with zero attached hydrogens (tertiary/aromatic N) is 4. The third-order valence-electron chi connectivity index (χ3n) is 5.59. The van der Waals surface area contributed by atoms with Gasteiger partial charge in [-0.25, -0.2) is 22.8 Å². The summed E-state index contributed by atoms with van der Waals surface area (Å²) < 4.78 is 41.8. The summed E-state index contributed by atoms with van der Waals surface area (Å²) in [6.07, 6.45) is -0.0584. The normalized spacial score (nSPS) is 16.6. The van der Waals surface area contributed by atoms with Crippen LogP contribution in [-0.2, 0) is 6.54 Å². The number of thiazole rings is 1. The molecule has 1 amide bonds. The maximum absolute atomic E-state index is 14.3. The van der Waals surface area contributed by atoms with Gasteiger partial charge in [0, 0.05) is 18.7 Å². The first-order chi connectivity index (χ1) is 16.2. The molecule has 1 aliphatic heterocycles. The lowest BCUT2D eigenvalue weighted by Gasteiger charge is -2.25. The highest BCUT2D eigenvalue weighted by molar-refractivity contribution is 7.19. The number of carbonyl (C=O) groups is 1. The second kappa shape index (κ2) is 10.0. The van der Waals surface area contributed by atoms with Crippen LogP contribution in [0.1, 0.15) is 35.3 Å². The van der Waals surface area contributed by atoms with Crippen molar-refractivity contribution in [3.05, 3.63) is 41.5 Å². The van der Waals surface area contributed by atoms with Gasteiger partial charge in [0.1, 0.15) is 28.1 Å². The zero-order valence-corrected chi connectivity index (χ0v) is 19.3. The van der Waals surface area contributed by atoms with Crippen LogP contribution in [-0.4, -0.2) is 51.4 Å². The number of aliphatic hydroxyl groups is 1. The molecule has 3 aromatic rings. The minimum Gasteiger partial charge on any atom is -0.393 e. The predicted octanol–water partition coefficient (Wildman–Crippen LogP) is 3.90. The Hall–Kier alpha value is -3.12. The van der Waals surface area contributed by atoms with Crippen molar-refractivity contribution >= 4 is 33.8 Å². The van der Waals surface area contributed by atoms with Gasteiger partial charge in [-0.05, 0) is 38.3 Å². The smallest absolute Gasteiger partial charge is 0.277 e. The number of anilines is 3. The lowest BCUT2D eigenvalue weighted by molar-refractivity contribution is 0.102. The van der Waals surface area contributed by atoms with Crippen LogP contribution in [0.2, 0.25) is 0 Å². The summed E-state index contributed by atoms with van der Waals surface area (Å²) in [5.41, 5.74) is 7.24. The van der Waals surface area contributed by atoms with E-state index in [0.717, 1.165) is 21.6 Å². The number of benzene rings is 1. The number of halogens is 3. The van der Waals surface area contributed by atoms with Crippen molar-refractivity contribution < 1.29 is 23.1 Å². The molecule has 0 saturated carbocycles. The highest BCUT2D eigenvalue weighted by Gasteiger charge is 2.26. The van der Waals surface area contributed by atoms with Crippen LogP contribution >= 0.6 is 11.3 Å². The number of nitrogen functional groups attached to an aromatic ring is 1. The van der Waals surface area contributed by atoms with E-state index < -0.39 is 30.8 Å². The van der Waals surface area contributed by atoms with Gasteiger partial charge in [0.15, 0.2) is 11.5 Å². The quantitative estimate of drug-likeness (QED) is 0.480. The minimum absolute atomic E-state index is 0.0836. The fourth-order valence-electron chi connectivity index (χ4n) is 3.95. The minimum atomic E-state index is -2.64. The molecule has 2 aromatic heterocycles. The molecule has 1 fully saturated rings. The molecule has 8 nitrogen and oxygen atoms in total. The Morgan fingerprint density at radius 1 is 1.35 bits per heavy atom. The first-order valence-corrected chi connectivity index (χ1v) is 11.7. The second-order valence-corrected chi connectivity index (χ2v) is 9.23. The van der Waals surface area contributed by atoms with Crippen molar-refractivity contribution in [3.63, 3.8) is 0 Å². The van der Waals surface area contributed by atoms with E-state index in [1.165, 1.54) is 12.3 Å². The molecule has 3 heterocycles. The molecule has 4 N–H and O–H groups in total. The molecule has 0 unspecified atom stereocenters. The van der Waals surface area contributed by atoms with Crippen LogP contribution in [0.3, 0.4) is 0 Å². The number of nitrogens with two attached hydrogens (primary N) is 1. The molecule has 0 radical (unpaired) electrons. The van der Waals surface area contributed by atoms with Crippen LogP contribution in [0.25, 0.3) is 10.6 Å². The number of rotatable bonds is 6. The number of aromatic nitrogens is 3. The number of aryl methyl sites for hydroxylation is 1. The average molecular weight is 495 g/mol. The third-order valence-corrected chi connectivity index (χ3v) is 6.51. The van der Waals surface area contributed by atoms with Crippen molar-refractivity contribution in [3.8, 4) is 10.6 Å². The lowest BCUT2D eigenvalue weighted by Crippen LogP contribution is -2.29. The zero-order chi connectivity index (χ0) is 24.4. The molecule has 1 atom stereocenters. The van der Waals surface area contributed by atoms with Crippen LogP contribution in [0.5, 0.6) is 0 Å². The number of alkyl halides is 2. The van der Waals surface area contributed by atoms with E-state index in [9.17, 15) is 23.1 Å². The molecule has 0 bridgehead atoms. The summed E-state index contributed by atoms with van der Waals surface area (Å²) in [4.78, 5) is 19.1. The summed E-state index contributed by atoms with van der Waals surface area (Å²) in [7, 11) is 0. The van der Waals surface area contributed by atoms with E-state index in [-0.39, 0.29) is 27.0 Å². The second-order valence-electron chi connectivity index (χ2n) is 8.20. The number of hydrogen-bond donors (Lipinski definition) is 3. The number of nitrogens with one attached hydrogen (secondary N) is 1. The van der Waals surface area contributed by atoms with E-state index in [0.29, 0.717) is 38.2 Å². The van der Waals surface area contributed by atoms with E-state index in [1.54, 1.807) is 12.1 Å². The average Bonchev–Trinajstić information content (AvgIpc) is 3.27. The van der Waals surface area contributed by atoms with Gasteiger partial charge in [-0.15, -0.1) is 0 Å². The van der Waals surface area contributed by atoms with Crippen LogP contribution < -0.4 is 16.0 Å². The van der Waals surface area contributed by atoms with Crippen molar-refractivity contribution in [2.24, 2.45) is 0 Å². The molecule has 0 aliphatic carbocycles. The van der Waals surface area contributed by atoms with Gasteiger partial charge < -0.3 is 21.1 Å². The molecule has 1 aromatic carbocycles. The van der Waals surface area contributed by atoms with E-state index >= 15 is 0 Å². The number of hydrogen-bond acceptors (Lipinski definition) is 7. The predicted molar refractivity (Wildman–Crippen MR) is 125 cm³/mol. The molecule has 1 aliphatic rings. The summed E-state index contributed by atoms with van der Waals surface area (Å²) in [6.45, 7) is 2.12. The van der Waals surface area contributed by atoms with Gasteiger partial charge in [-0.3, -0.25) is 4.79 Å². The standard InChI is InChI=1S/C22H25F3N6O2S/c1-12-4-5-15(23)14(9-12)21-29-18(19(26)34-21)20(33)28-16-10-27-31(11-17(24)25)22(16)30-7-2-3-13(32)6-8-30/h4-5,9-10,13,17,32H,2-3,6-8,11,26H2,1H3,(H,28,33)/t13-/m1/s1. The molecular formula is C22H25F3N6O2S. The van der Waals surface area contributed by atoms with Crippen molar-refractivity contribution in [1.82, 2.24) is 14.8 Å². The molecule has 4 rings (SSSR count). The largest absolute Gasteiger partial charge is 0.393 e. The Labute approximate surface area is 198 Å². The molecule has 1 saturated heterocycles. The first-order valence-electron chi connectivity index (χ1n) is 10.8. The van der Waals surface area contributed by atoms with Gasteiger partial charge in [-0.1, -0.05) is 23.0 Å². The maximum atomic E-state index is 14.3. The van der Waals surface area contributed by atoms with E-state index in [4.69, 9.17) is 5.73 Å². The topological polar surface area (TPSA) is 109 Å². The Kier molecular flexibility index (Phi) is 7.08. The number of carbonyl (C=O) groups excluding carboxylic acids is 1. The summed E-state index contributed by atoms with van der Waals surface area (Å²) in [5.74, 6) is -0.799. The van der Waals surface area contributed by atoms with Crippen LogP contribution in [0.15, 0.2) is 24.4 Å². The van der Waals surface area contributed by atoms with Crippen LogP contribution in [0, 0.1) is 12.7 Å². The summed E-state index contributed by atoms with van der Waals surface area (Å²) in [5, 5.41) is 17.1. The fourth-order valence-corrected chi connectivity index (χ4v) is 4.80. The molecule has 12 heteroatoms. The molecule has 0 spiro atoms. The Morgan fingerprint density at radius 2 is 2.15 bits per heavy atom. The van der Waals surface area contributed by atoms with E-state index in [1.807, 2.05) is 11.8 Å². The Bertz CT molecular complexity index is 1180. The van der Waals surface area contributed by atoms with Crippen molar-refractivity contribution in [1.29, 1.82) is 0 Å². The van der Waals surface area contributed by atoms with E-state index in [2.05, 4.69) is 15.4 Å². The highest BCUT2D eigenvalue weighted by Crippen LogP contribution is 2.34. The monoisotopic (exact) mass is 494 g/mol. The first kappa shape index (κ1) is 24.0. The van der Waals surface area contributed by atoms with Gasteiger partial charge in [-0.2, -0.15) is 5.10 Å². The molecule has 182 valence electrons. The summed E-state index contributed by atoms with van der Waals surface area (Å²) >= 11 is 0.986. The molecular weight excluding hydrogens is 469 g/mol. The summed E-state index contributed by atoms with van der Waals surface area (Å²) in [6, 6.07) is 4.57.